The predicted molar refractivity (Wildman–Crippen MR) is 199 cm³/mol. The highest BCUT2D eigenvalue weighted by atomic mass is 16.5. The van der Waals surface area contributed by atoms with Gasteiger partial charge in [-0.1, -0.05) is 125 Å². The van der Waals surface area contributed by atoms with Gasteiger partial charge < -0.3 is 9.47 Å². The van der Waals surface area contributed by atoms with Gasteiger partial charge in [0.2, 0.25) is 0 Å². The minimum atomic E-state index is -0.151. The van der Waals surface area contributed by atoms with Crippen LogP contribution in [0.3, 0.4) is 0 Å². The Kier molecular flexibility index (Phi) is 6.76. The summed E-state index contributed by atoms with van der Waals surface area (Å²) >= 11 is 0. The quantitative estimate of drug-likeness (QED) is 0.195. The van der Waals surface area contributed by atoms with E-state index in [1.165, 1.54) is 66.8 Å². The Hall–Kier alpha value is -5.08. The van der Waals surface area contributed by atoms with Crippen LogP contribution in [-0.2, 0) is 10.8 Å². The minimum Gasteiger partial charge on any atom is -0.456 e. The SMILES string of the molecule is Cc1cc(-c2cccc3c2Oc2ccccc2C3(C)C)c(C)cc1-c1cc(C)c(-c2cccc3c2Oc2ccccc2C3(C)C)cc1C. The van der Waals surface area contributed by atoms with Gasteiger partial charge in [0.05, 0.1) is 0 Å². The van der Waals surface area contributed by atoms with Gasteiger partial charge in [0, 0.05) is 44.2 Å². The lowest BCUT2D eigenvalue weighted by Gasteiger charge is -2.35. The number of fused-ring (bicyclic) bond motifs is 4. The van der Waals surface area contributed by atoms with Crippen molar-refractivity contribution in [2.75, 3.05) is 0 Å². The molecule has 8 rings (SSSR count). The average molecular weight is 627 g/mol. The summed E-state index contributed by atoms with van der Waals surface area (Å²) in [6.45, 7) is 18.1. The van der Waals surface area contributed by atoms with Crippen molar-refractivity contribution in [3.63, 3.8) is 0 Å². The minimum absolute atomic E-state index is 0.151. The average Bonchev–Trinajstić information content (AvgIpc) is 3.06. The van der Waals surface area contributed by atoms with Crippen LogP contribution >= 0.6 is 0 Å². The Balaban J connectivity index is 1.20. The Bertz CT molecular complexity index is 2120. The van der Waals surface area contributed by atoms with Crippen LogP contribution in [0.25, 0.3) is 33.4 Å². The second-order valence-electron chi connectivity index (χ2n) is 14.8. The second kappa shape index (κ2) is 10.7. The number of aryl methyl sites for hydroxylation is 4. The molecule has 0 bridgehead atoms. The highest BCUT2D eigenvalue weighted by Gasteiger charge is 2.37. The molecule has 0 aromatic heterocycles. The standard InChI is InChI=1S/C46H42O2/c1-27-25-35(29(3)23-33(27)31-15-13-19-39-43(31)47-41-21-11-9-17-37(41)45(39,5)6)36-26-28(2)34(24-30(36)4)32-16-14-20-40-44(32)48-42-22-12-10-18-38(42)46(40,7)8/h9-26H,1-8H3. The lowest BCUT2D eigenvalue weighted by molar-refractivity contribution is 0.419. The molecule has 0 spiro atoms. The van der Waals surface area contributed by atoms with E-state index in [0.717, 1.165) is 34.1 Å². The van der Waals surface area contributed by atoms with Crippen LogP contribution in [0.4, 0.5) is 0 Å². The summed E-state index contributed by atoms with van der Waals surface area (Å²) < 4.78 is 13.3. The molecule has 2 aliphatic rings. The van der Waals surface area contributed by atoms with Crippen LogP contribution in [0.5, 0.6) is 23.0 Å². The van der Waals surface area contributed by atoms with Crippen molar-refractivity contribution >= 4 is 0 Å². The van der Waals surface area contributed by atoms with E-state index in [0.29, 0.717) is 0 Å². The Morgan fingerprint density at radius 2 is 0.667 bits per heavy atom. The molecule has 0 saturated carbocycles. The molecule has 6 aromatic rings. The van der Waals surface area contributed by atoms with Gasteiger partial charge in [0.25, 0.3) is 0 Å². The van der Waals surface area contributed by atoms with Crippen molar-refractivity contribution in [1.29, 1.82) is 0 Å². The zero-order valence-corrected chi connectivity index (χ0v) is 29.2. The third kappa shape index (κ3) is 4.46. The van der Waals surface area contributed by atoms with Crippen molar-refractivity contribution in [3.05, 3.63) is 154 Å². The van der Waals surface area contributed by atoms with Gasteiger partial charge in [-0.05, 0) is 84.3 Å². The predicted octanol–water partition coefficient (Wildman–Crippen LogP) is 12.8. The van der Waals surface area contributed by atoms with Crippen molar-refractivity contribution in [3.8, 4) is 56.4 Å². The maximum Gasteiger partial charge on any atom is 0.139 e. The zero-order valence-electron chi connectivity index (χ0n) is 29.2. The maximum absolute atomic E-state index is 6.66. The molecule has 48 heavy (non-hydrogen) atoms. The summed E-state index contributed by atoms with van der Waals surface area (Å²) in [5, 5.41) is 0. The Morgan fingerprint density at radius 3 is 1.04 bits per heavy atom. The largest absolute Gasteiger partial charge is 0.456 e. The van der Waals surface area contributed by atoms with Crippen LogP contribution in [0.1, 0.15) is 72.2 Å². The van der Waals surface area contributed by atoms with Crippen molar-refractivity contribution in [1.82, 2.24) is 0 Å². The first-order chi connectivity index (χ1) is 23.0. The van der Waals surface area contributed by atoms with Crippen molar-refractivity contribution < 1.29 is 9.47 Å². The van der Waals surface area contributed by atoms with Crippen LogP contribution < -0.4 is 9.47 Å². The van der Waals surface area contributed by atoms with Crippen LogP contribution in [0.2, 0.25) is 0 Å². The third-order valence-electron chi connectivity index (χ3n) is 10.9. The summed E-state index contributed by atoms with van der Waals surface area (Å²) in [6.07, 6.45) is 0. The fourth-order valence-electron chi connectivity index (χ4n) is 8.15. The highest BCUT2D eigenvalue weighted by Crippen LogP contribution is 2.53. The first-order valence-corrected chi connectivity index (χ1v) is 17.0. The first kappa shape index (κ1) is 30.3. The highest BCUT2D eigenvalue weighted by molar-refractivity contribution is 5.85. The van der Waals surface area contributed by atoms with Crippen LogP contribution in [0.15, 0.2) is 109 Å². The van der Waals surface area contributed by atoms with E-state index >= 15 is 0 Å². The molecule has 0 radical (unpaired) electrons. The monoisotopic (exact) mass is 626 g/mol. The number of hydrogen-bond acceptors (Lipinski definition) is 2. The molecule has 2 heterocycles. The molecule has 2 nitrogen and oxygen atoms in total. The lowest BCUT2D eigenvalue weighted by atomic mass is 9.74. The number of para-hydroxylation sites is 4. The van der Waals surface area contributed by atoms with Crippen molar-refractivity contribution in [2.45, 2.75) is 66.2 Å². The summed E-state index contributed by atoms with van der Waals surface area (Å²) in [6, 6.07) is 39.5. The van der Waals surface area contributed by atoms with E-state index in [2.05, 4.69) is 165 Å². The number of hydrogen-bond donors (Lipinski definition) is 0. The van der Waals surface area contributed by atoms with E-state index in [1.54, 1.807) is 0 Å². The van der Waals surface area contributed by atoms with Crippen LogP contribution in [0, 0.1) is 27.7 Å². The number of benzene rings is 6. The molecular weight excluding hydrogens is 585 g/mol. The molecule has 6 aromatic carbocycles. The van der Waals surface area contributed by atoms with Crippen LogP contribution in [-0.4, -0.2) is 0 Å². The van der Waals surface area contributed by atoms with Gasteiger partial charge in [-0.2, -0.15) is 0 Å². The lowest BCUT2D eigenvalue weighted by Crippen LogP contribution is -2.24. The van der Waals surface area contributed by atoms with E-state index < -0.39 is 0 Å². The summed E-state index contributed by atoms with van der Waals surface area (Å²) in [5.74, 6) is 3.81. The normalized spacial score (nSPS) is 14.9. The number of rotatable bonds is 3. The smallest absolute Gasteiger partial charge is 0.139 e. The molecular formula is C46H42O2. The molecule has 2 heteroatoms. The van der Waals surface area contributed by atoms with E-state index in [9.17, 15) is 0 Å². The molecule has 0 fully saturated rings. The Morgan fingerprint density at radius 1 is 0.354 bits per heavy atom. The molecule has 0 amide bonds. The third-order valence-corrected chi connectivity index (χ3v) is 10.9. The zero-order chi connectivity index (χ0) is 33.5. The second-order valence-corrected chi connectivity index (χ2v) is 14.8. The molecule has 0 N–H and O–H groups in total. The fraction of sp³-hybridized carbons (Fsp3) is 0.217. The molecule has 0 unspecified atom stereocenters. The summed E-state index contributed by atoms with van der Waals surface area (Å²) in [5.41, 5.74) is 16.8. The van der Waals surface area contributed by atoms with Crippen molar-refractivity contribution in [2.24, 2.45) is 0 Å². The van der Waals surface area contributed by atoms with Gasteiger partial charge in [-0.25, -0.2) is 0 Å². The van der Waals surface area contributed by atoms with Gasteiger partial charge >= 0.3 is 0 Å². The van der Waals surface area contributed by atoms with Gasteiger partial charge in [-0.15, -0.1) is 0 Å². The van der Waals surface area contributed by atoms with E-state index in [1.807, 2.05) is 0 Å². The summed E-state index contributed by atoms with van der Waals surface area (Å²) in [7, 11) is 0. The van der Waals surface area contributed by atoms with Gasteiger partial charge in [-0.3, -0.25) is 0 Å². The topological polar surface area (TPSA) is 18.5 Å². The van der Waals surface area contributed by atoms with E-state index in [-0.39, 0.29) is 10.8 Å². The van der Waals surface area contributed by atoms with E-state index in [4.69, 9.17) is 9.47 Å². The Labute approximate surface area is 285 Å². The maximum atomic E-state index is 6.66. The van der Waals surface area contributed by atoms with Gasteiger partial charge in [0.15, 0.2) is 0 Å². The fourth-order valence-corrected chi connectivity index (χ4v) is 8.15. The summed E-state index contributed by atoms with van der Waals surface area (Å²) in [4.78, 5) is 0. The number of ether oxygens (including phenoxy) is 2. The molecule has 0 saturated heterocycles. The first-order valence-electron chi connectivity index (χ1n) is 17.0. The van der Waals surface area contributed by atoms with Gasteiger partial charge in [0.1, 0.15) is 23.0 Å². The molecule has 0 aliphatic carbocycles. The molecule has 238 valence electrons. The molecule has 2 aliphatic heterocycles. The molecule has 0 atom stereocenters.